The van der Waals surface area contributed by atoms with Gasteiger partial charge in [-0.25, -0.2) is 0 Å². The summed E-state index contributed by atoms with van der Waals surface area (Å²) in [6.07, 6.45) is 4.99. The van der Waals surface area contributed by atoms with E-state index in [4.69, 9.17) is 10.5 Å². The van der Waals surface area contributed by atoms with Gasteiger partial charge in [0.15, 0.2) is 0 Å². The van der Waals surface area contributed by atoms with Crippen molar-refractivity contribution < 1.29 is 14.3 Å². The molecule has 0 bridgehead atoms. The smallest absolute Gasteiger partial charge is 0.255 e. The minimum Gasteiger partial charge on any atom is -0.493 e. The van der Waals surface area contributed by atoms with Crippen LogP contribution in [0.2, 0.25) is 0 Å². The molecule has 4 N–H and O–H groups in total. The Kier molecular flexibility index (Phi) is 6.82. The van der Waals surface area contributed by atoms with Crippen molar-refractivity contribution in [2.24, 2.45) is 5.73 Å². The van der Waals surface area contributed by atoms with Gasteiger partial charge in [-0.3, -0.25) is 9.59 Å². The number of nitrogens with one attached hydrogen (secondary N) is 2. The molecule has 0 aromatic heterocycles. The van der Waals surface area contributed by atoms with E-state index in [1.807, 2.05) is 19.1 Å². The number of nitrogens with two attached hydrogens (primary N) is 1. The summed E-state index contributed by atoms with van der Waals surface area (Å²) in [5.41, 5.74) is 6.14. The highest BCUT2D eigenvalue weighted by molar-refractivity contribution is 6.01. The third-order valence-electron chi connectivity index (χ3n) is 4.71. The van der Waals surface area contributed by atoms with Gasteiger partial charge in [-0.1, -0.05) is 25.3 Å². The van der Waals surface area contributed by atoms with E-state index in [1.165, 1.54) is 0 Å². The maximum atomic E-state index is 12.9. The average Bonchev–Trinajstić information content (AvgIpc) is 2.62. The highest BCUT2D eigenvalue weighted by atomic mass is 16.5. The Morgan fingerprint density at radius 3 is 2.60 bits per heavy atom. The quantitative estimate of drug-likeness (QED) is 0.657. The summed E-state index contributed by atoms with van der Waals surface area (Å²) < 4.78 is 5.75. The molecule has 0 spiro atoms. The molecule has 6 heteroatoms. The van der Waals surface area contributed by atoms with Gasteiger partial charge >= 0.3 is 0 Å². The number of rotatable bonds is 7. The predicted molar refractivity (Wildman–Crippen MR) is 97.7 cm³/mol. The molecule has 1 fully saturated rings. The molecular weight excluding hydrogens is 318 g/mol. The van der Waals surface area contributed by atoms with E-state index >= 15 is 0 Å². The van der Waals surface area contributed by atoms with Gasteiger partial charge in [0.25, 0.3) is 5.91 Å². The van der Waals surface area contributed by atoms with Crippen LogP contribution in [0, 0.1) is 6.92 Å². The van der Waals surface area contributed by atoms with Gasteiger partial charge in [0, 0.05) is 7.05 Å². The fourth-order valence-electron chi connectivity index (χ4n) is 3.29. The van der Waals surface area contributed by atoms with Crippen LogP contribution in [0.25, 0.3) is 0 Å². The lowest BCUT2D eigenvalue weighted by Gasteiger charge is -2.36. The Hall–Kier alpha value is -2.08. The summed E-state index contributed by atoms with van der Waals surface area (Å²) in [5.74, 6) is 0.139. The lowest BCUT2D eigenvalue weighted by molar-refractivity contribution is -0.128. The first-order valence-corrected chi connectivity index (χ1v) is 9.00. The van der Waals surface area contributed by atoms with Crippen LogP contribution in [0.1, 0.15) is 54.4 Å². The van der Waals surface area contributed by atoms with E-state index in [1.54, 1.807) is 13.1 Å². The Morgan fingerprint density at radius 2 is 1.96 bits per heavy atom. The molecular formula is C19H29N3O3. The molecule has 0 saturated heterocycles. The molecule has 0 aliphatic heterocycles. The van der Waals surface area contributed by atoms with Crippen LogP contribution in [-0.2, 0) is 4.79 Å². The summed E-state index contributed by atoms with van der Waals surface area (Å²) in [6, 6.07) is 5.47. The zero-order chi connectivity index (χ0) is 18.3. The molecule has 2 amide bonds. The van der Waals surface area contributed by atoms with Crippen molar-refractivity contribution in [3.05, 3.63) is 29.3 Å². The molecule has 2 rings (SSSR count). The van der Waals surface area contributed by atoms with Crippen LogP contribution in [-0.4, -0.2) is 37.6 Å². The summed E-state index contributed by atoms with van der Waals surface area (Å²) in [7, 11) is 1.61. The molecule has 6 nitrogen and oxygen atoms in total. The average molecular weight is 347 g/mol. The number of amides is 2. The monoisotopic (exact) mass is 347 g/mol. The number of carbonyl (C=O) groups is 2. The molecule has 0 heterocycles. The zero-order valence-corrected chi connectivity index (χ0v) is 15.2. The predicted octanol–water partition coefficient (Wildman–Crippen LogP) is 1.90. The number of hydrogen-bond donors (Lipinski definition) is 3. The summed E-state index contributed by atoms with van der Waals surface area (Å²) in [5, 5.41) is 5.69. The van der Waals surface area contributed by atoms with Crippen molar-refractivity contribution in [2.75, 3.05) is 20.2 Å². The molecule has 0 atom stereocenters. The van der Waals surface area contributed by atoms with Gasteiger partial charge in [-0.15, -0.1) is 0 Å². The van der Waals surface area contributed by atoms with Crippen LogP contribution in [0.5, 0.6) is 5.75 Å². The molecule has 0 unspecified atom stereocenters. The van der Waals surface area contributed by atoms with Crippen molar-refractivity contribution in [2.45, 2.75) is 51.0 Å². The molecule has 1 aliphatic carbocycles. The zero-order valence-electron chi connectivity index (χ0n) is 15.2. The Labute approximate surface area is 149 Å². The summed E-state index contributed by atoms with van der Waals surface area (Å²) in [6.45, 7) is 2.94. The lowest BCUT2D eigenvalue weighted by atomic mass is 9.80. The van der Waals surface area contributed by atoms with E-state index in [-0.39, 0.29) is 11.8 Å². The largest absolute Gasteiger partial charge is 0.493 e. The molecule has 25 heavy (non-hydrogen) atoms. The van der Waals surface area contributed by atoms with Crippen LogP contribution in [0.4, 0.5) is 0 Å². The second-order valence-electron chi connectivity index (χ2n) is 6.67. The highest BCUT2D eigenvalue weighted by Crippen LogP contribution is 2.30. The highest BCUT2D eigenvalue weighted by Gasteiger charge is 2.40. The number of carbonyl (C=O) groups excluding carboxylic acids is 2. The van der Waals surface area contributed by atoms with E-state index in [9.17, 15) is 9.59 Å². The summed E-state index contributed by atoms with van der Waals surface area (Å²) >= 11 is 0. The molecule has 0 radical (unpaired) electrons. The standard InChI is InChI=1S/C19H29N3O3/c1-14-7-8-15(16(13-14)25-12-6-11-20)17(23)22-19(18(24)21-2)9-4-3-5-10-19/h7-8,13H,3-6,9-12,20H2,1-2H3,(H,21,24)(H,22,23). The van der Waals surface area contributed by atoms with Crippen LogP contribution >= 0.6 is 0 Å². The molecule has 1 aromatic rings. The van der Waals surface area contributed by atoms with Crippen molar-refractivity contribution >= 4 is 11.8 Å². The first kappa shape index (κ1) is 19.2. The second kappa shape index (κ2) is 8.85. The maximum absolute atomic E-state index is 12.9. The number of hydrogen-bond acceptors (Lipinski definition) is 4. The lowest BCUT2D eigenvalue weighted by Crippen LogP contribution is -2.59. The van der Waals surface area contributed by atoms with E-state index in [0.717, 1.165) is 31.2 Å². The van der Waals surface area contributed by atoms with Crippen LogP contribution in [0.3, 0.4) is 0 Å². The molecule has 1 saturated carbocycles. The van der Waals surface area contributed by atoms with Gasteiger partial charge < -0.3 is 21.1 Å². The normalized spacial score (nSPS) is 16.1. The molecule has 138 valence electrons. The Balaban J connectivity index is 2.22. The van der Waals surface area contributed by atoms with Crippen molar-refractivity contribution in [3.8, 4) is 5.75 Å². The van der Waals surface area contributed by atoms with E-state index in [2.05, 4.69) is 10.6 Å². The number of aryl methyl sites for hydroxylation is 1. The minimum absolute atomic E-state index is 0.127. The van der Waals surface area contributed by atoms with Gasteiger partial charge in [0.05, 0.1) is 12.2 Å². The Bertz CT molecular complexity index is 610. The third-order valence-corrected chi connectivity index (χ3v) is 4.71. The summed E-state index contributed by atoms with van der Waals surface area (Å²) in [4.78, 5) is 25.3. The van der Waals surface area contributed by atoms with E-state index < -0.39 is 5.54 Å². The van der Waals surface area contributed by atoms with Gasteiger partial charge in [-0.05, 0) is 50.4 Å². The van der Waals surface area contributed by atoms with Gasteiger partial charge in [0.1, 0.15) is 11.3 Å². The Morgan fingerprint density at radius 1 is 1.24 bits per heavy atom. The van der Waals surface area contributed by atoms with Gasteiger partial charge in [0.2, 0.25) is 5.91 Å². The third kappa shape index (κ3) is 4.72. The molecule has 1 aliphatic rings. The van der Waals surface area contributed by atoms with Crippen LogP contribution in [0.15, 0.2) is 18.2 Å². The van der Waals surface area contributed by atoms with Crippen molar-refractivity contribution in [1.82, 2.24) is 10.6 Å². The SMILES string of the molecule is CNC(=O)C1(NC(=O)c2ccc(C)cc2OCCCN)CCCCC1. The minimum atomic E-state index is -0.830. The first-order chi connectivity index (χ1) is 12.0. The fraction of sp³-hybridized carbons (Fsp3) is 0.579. The number of benzene rings is 1. The van der Waals surface area contributed by atoms with Gasteiger partial charge in [-0.2, -0.15) is 0 Å². The molecule has 1 aromatic carbocycles. The fourth-order valence-corrected chi connectivity index (χ4v) is 3.29. The number of ether oxygens (including phenoxy) is 1. The van der Waals surface area contributed by atoms with E-state index in [0.29, 0.717) is 37.3 Å². The first-order valence-electron chi connectivity index (χ1n) is 9.00. The van der Waals surface area contributed by atoms with Crippen molar-refractivity contribution in [3.63, 3.8) is 0 Å². The van der Waals surface area contributed by atoms with Crippen LogP contribution < -0.4 is 21.1 Å². The number of likely N-dealkylation sites (N-methyl/N-ethyl adjacent to an activating group) is 1. The topological polar surface area (TPSA) is 93.5 Å². The maximum Gasteiger partial charge on any atom is 0.255 e. The second-order valence-corrected chi connectivity index (χ2v) is 6.67. The van der Waals surface area contributed by atoms with Crippen molar-refractivity contribution in [1.29, 1.82) is 0 Å².